The molecule has 14 unspecified atom stereocenters. The summed E-state index contributed by atoms with van der Waals surface area (Å²) in [6, 6.07) is 10.6. The standard InChI is InChI=1S/C14H27N.C13H24N2O.C13H25N.C12H22N2O2.2C11H23NO.C10H19F2N.2C10H21NO/c1-11(2)13-9-14(7-5-6-8-14)10-15(13)12(3)4;1-9(2)12-7-13(6-11(5)14-16-13)8-15(12)10(3)4;1-10(2)12-8-13(6-5-7-13)9-14(12)11(3)4;1-8(2)10-5-12(6-13-11(15)16-12)7-14(10)9(3)4;1-8(2)10-6-11(5,13)7-12(10)9(3)4;1-8(2)11-6-10(13-5)7-12(11)9(3)4;1-7(2)9-5-10(11,12)6-13(9)8(3)4;1-7(2)10-5-9(12)6-11(10)8(3)4;1-8(2)10-7-12-6-5-11(10)9(3)4/h11-13H,5-10H2,1-4H3;9-10,12H,6-8H2,1-5H3;10-12H,5-9H2,1-4H3;8-10H,5-7H2,1-4H3,(H,13,15);8-10,13H,6-7H2,1-5H3;8-11H,6-7H2,1-5H3;7-9H,5-6H2,1-4H3;7-10,12H,5-6H2,1-4H3;8-10H,5-7H2,1-4H3. The number of hydrogen-bond donors (Lipinski definition) is 3. The average Bonchev–Trinajstić information content (AvgIpc) is 1.61. The van der Waals surface area contributed by atoms with E-state index in [2.05, 4.69) is 278 Å². The van der Waals surface area contributed by atoms with E-state index in [1.165, 1.54) is 77.3 Å². The Kier molecular flexibility index (Phi) is 44.8. The number of carbonyl (C=O) groups is 1. The minimum absolute atomic E-state index is 0.0106. The molecule has 11 aliphatic heterocycles. The Morgan fingerprint density at radius 2 is 0.758 bits per heavy atom. The SMILES string of the molecule is CC(C)C1CC(C)(O)CN1C(C)C.CC(C)C1CC(F)(F)CN1C(C)C.CC(C)C1CC(O)CN1C(C)C.CC(C)C1CC2(CCC2)CN1C(C)C.CC(C)C1CC2(CCCC2)CN1C(C)C.CC(C)C1CC2(CNC(=O)O2)CN1C(C)C.CC(C)C1COCCN1C(C)C.CC1=NOC2(C1)CC(C(C)C)N(C(C)C)C2.COC1CC(C(C)C)N(C(C)C)C1. The summed E-state index contributed by atoms with van der Waals surface area (Å²) in [5.74, 6) is 3.52. The molecular weight excluding hydrogens is 1550 g/mol. The number of rotatable bonds is 19. The van der Waals surface area contributed by atoms with Gasteiger partial charge in [-0.1, -0.05) is 149 Å². The number of oxime groups is 1. The molecule has 2 aliphatic carbocycles. The third-order valence-electron chi connectivity index (χ3n) is 31.1. The molecule has 0 aromatic rings. The fourth-order valence-corrected chi connectivity index (χ4v) is 23.8. The number of halogens is 2. The zero-order chi connectivity index (χ0) is 94.1. The van der Waals surface area contributed by atoms with E-state index in [9.17, 15) is 23.8 Å². The monoisotopic (exact) mass is 1760 g/mol. The maximum Gasteiger partial charge on any atom is 0.407 e. The summed E-state index contributed by atoms with van der Waals surface area (Å²) >= 11 is 0. The molecule has 124 heavy (non-hydrogen) atoms. The molecule has 0 aromatic carbocycles. The lowest BCUT2D eigenvalue weighted by atomic mass is 9.67. The Balaban J connectivity index is 0.000000248. The quantitative estimate of drug-likeness (QED) is 0.113. The minimum Gasteiger partial charge on any atom is -0.440 e. The first-order chi connectivity index (χ1) is 57.3. The number of alkyl carbamates (subject to hydrolysis) is 1. The Bertz CT molecular complexity index is 2830. The van der Waals surface area contributed by atoms with E-state index in [0.717, 1.165) is 143 Å². The molecule has 4 spiro atoms. The molecule has 1 amide bonds. The van der Waals surface area contributed by atoms with E-state index in [0.29, 0.717) is 121 Å². The van der Waals surface area contributed by atoms with E-state index in [1.807, 2.05) is 46.6 Å². The lowest BCUT2D eigenvalue weighted by Crippen LogP contribution is -2.51. The molecule has 0 aromatic heterocycles. The van der Waals surface area contributed by atoms with Gasteiger partial charge < -0.3 is 34.6 Å². The third kappa shape index (κ3) is 32.2. The van der Waals surface area contributed by atoms with Crippen molar-refractivity contribution < 1.29 is 42.8 Å². The van der Waals surface area contributed by atoms with Crippen LogP contribution in [0, 0.1) is 64.1 Å². The molecule has 18 nitrogen and oxygen atoms in total. The number of hydrogen-bond acceptors (Lipinski definition) is 17. The van der Waals surface area contributed by atoms with Gasteiger partial charge in [-0.05, 0) is 260 Å². The molecule has 0 bridgehead atoms. The summed E-state index contributed by atoms with van der Waals surface area (Å²) in [5.41, 5.74) is 1.87. The van der Waals surface area contributed by atoms with Gasteiger partial charge in [0.05, 0.1) is 49.8 Å². The highest BCUT2D eigenvalue weighted by atomic mass is 19.3. The van der Waals surface area contributed by atoms with Gasteiger partial charge in [0.25, 0.3) is 5.92 Å². The van der Waals surface area contributed by atoms with Crippen LogP contribution in [0.3, 0.4) is 0 Å². The summed E-state index contributed by atoms with van der Waals surface area (Å²) in [6.07, 6.45) is 19.7. The highest BCUT2D eigenvalue weighted by molar-refractivity contribution is 5.83. The summed E-state index contributed by atoms with van der Waals surface area (Å²) in [4.78, 5) is 39.4. The Morgan fingerprint density at radius 1 is 0.411 bits per heavy atom. The van der Waals surface area contributed by atoms with Crippen molar-refractivity contribution in [1.82, 2.24) is 49.4 Å². The molecular formula is C104H205F2N11O7. The second-order valence-corrected chi connectivity index (χ2v) is 47.7. The predicted molar refractivity (Wildman–Crippen MR) is 520 cm³/mol. The van der Waals surface area contributed by atoms with Crippen LogP contribution in [0.2, 0.25) is 0 Å². The number of ether oxygens (including phenoxy) is 3. The van der Waals surface area contributed by atoms with Crippen LogP contribution in [0.15, 0.2) is 5.16 Å². The van der Waals surface area contributed by atoms with Crippen molar-refractivity contribution in [2.24, 2.45) is 69.2 Å². The maximum atomic E-state index is 13.1. The molecule has 11 heterocycles. The normalized spacial score (nSPS) is 32.2. The number of nitrogens with zero attached hydrogens (tertiary/aromatic N) is 10. The van der Waals surface area contributed by atoms with Crippen LogP contribution in [-0.4, -0.2) is 296 Å². The van der Waals surface area contributed by atoms with Crippen molar-refractivity contribution in [2.45, 2.75) is 510 Å². The van der Waals surface area contributed by atoms with Crippen LogP contribution >= 0.6 is 0 Å². The van der Waals surface area contributed by atoms with E-state index < -0.39 is 11.5 Å². The first-order valence-electron chi connectivity index (χ1n) is 51.2. The number of carbonyl (C=O) groups excluding carboxylic acids is 1. The van der Waals surface area contributed by atoms with Gasteiger partial charge in [0.1, 0.15) is 5.60 Å². The van der Waals surface area contributed by atoms with Crippen molar-refractivity contribution in [3.05, 3.63) is 0 Å². The highest BCUT2D eigenvalue weighted by Crippen LogP contribution is 2.53. The van der Waals surface area contributed by atoms with Gasteiger partial charge in [0.2, 0.25) is 0 Å². The second kappa shape index (κ2) is 49.4. The first-order valence-corrected chi connectivity index (χ1v) is 51.2. The maximum absolute atomic E-state index is 13.1. The highest BCUT2D eigenvalue weighted by Gasteiger charge is 2.55. The zero-order valence-electron chi connectivity index (χ0n) is 88.2. The van der Waals surface area contributed by atoms with Crippen molar-refractivity contribution in [3.63, 3.8) is 0 Å². The predicted octanol–water partition coefficient (Wildman–Crippen LogP) is 21.3. The molecule has 0 radical (unpaired) electrons. The van der Waals surface area contributed by atoms with Crippen LogP contribution < -0.4 is 5.32 Å². The van der Waals surface area contributed by atoms with Crippen LogP contribution in [0.1, 0.15) is 366 Å². The van der Waals surface area contributed by atoms with Crippen molar-refractivity contribution >= 4 is 11.8 Å². The number of aliphatic hydroxyl groups is 2. The number of aliphatic hydroxyl groups excluding tert-OH is 1. The summed E-state index contributed by atoms with van der Waals surface area (Å²) < 4.78 is 42.6. The van der Waals surface area contributed by atoms with Crippen LogP contribution in [-0.2, 0) is 19.0 Å². The number of alkyl halides is 2. The van der Waals surface area contributed by atoms with Gasteiger partial charge in [-0.3, -0.25) is 44.1 Å². The van der Waals surface area contributed by atoms with Gasteiger partial charge >= 0.3 is 6.09 Å². The first kappa shape index (κ1) is 113. The van der Waals surface area contributed by atoms with Gasteiger partial charge in [-0.2, -0.15) is 0 Å². The van der Waals surface area contributed by atoms with E-state index in [4.69, 9.17) is 19.0 Å². The molecule has 10 saturated heterocycles. The lowest BCUT2D eigenvalue weighted by molar-refractivity contribution is -0.0386. The molecule has 13 rings (SSSR count). The third-order valence-corrected chi connectivity index (χ3v) is 31.1. The van der Waals surface area contributed by atoms with E-state index >= 15 is 0 Å². The van der Waals surface area contributed by atoms with Gasteiger partial charge in [-0.25, -0.2) is 13.6 Å². The fourth-order valence-electron chi connectivity index (χ4n) is 23.8. The molecule has 20 heteroatoms. The molecule has 3 N–H and O–H groups in total. The zero-order valence-corrected chi connectivity index (χ0v) is 88.2. The fraction of sp³-hybridized carbons (Fsp3) is 0.981. The van der Waals surface area contributed by atoms with Crippen molar-refractivity contribution in [2.75, 3.05) is 85.8 Å². The average molecular weight is 1760 g/mol. The summed E-state index contributed by atoms with van der Waals surface area (Å²) in [6.45, 7) is 96.0. The topological polar surface area (TPSA) is 148 Å². The summed E-state index contributed by atoms with van der Waals surface area (Å²) in [5, 5.41) is 26.4. The largest absolute Gasteiger partial charge is 0.440 e. The van der Waals surface area contributed by atoms with E-state index in [-0.39, 0.29) is 48.4 Å². The summed E-state index contributed by atoms with van der Waals surface area (Å²) in [7, 11) is 1.83. The second-order valence-electron chi connectivity index (χ2n) is 47.7. The van der Waals surface area contributed by atoms with Crippen LogP contribution in [0.4, 0.5) is 13.6 Å². The number of amides is 1. The van der Waals surface area contributed by atoms with Crippen LogP contribution in [0.25, 0.3) is 0 Å². The lowest BCUT2D eigenvalue weighted by Gasteiger charge is -2.40. The number of likely N-dealkylation sites (tertiary alicyclic amines) is 8. The Hall–Kier alpha value is -1.92. The molecule has 13 aliphatic rings. The van der Waals surface area contributed by atoms with Crippen molar-refractivity contribution in [1.29, 1.82) is 0 Å². The number of morpholine rings is 1. The van der Waals surface area contributed by atoms with Gasteiger partial charge in [0, 0.05) is 194 Å². The molecule has 12 fully saturated rings. The molecule has 732 valence electrons. The van der Waals surface area contributed by atoms with Gasteiger partial charge in [0.15, 0.2) is 5.60 Å². The van der Waals surface area contributed by atoms with Gasteiger partial charge in [-0.15, -0.1) is 0 Å². The number of β-amino-alcohol motifs (C(OH)–C–C–N with tert-alkyl or cyclic N) is 2. The molecule has 14 atom stereocenters. The number of methoxy groups -OCH3 is 1. The smallest absolute Gasteiger partial charge is 0.407 e. The van der Waals surface area contributed by atoms with E-state index in [1.54, 1.807) is 0 Å². The van der Waals surface area contributed by atoms with Crippen molar-refractivity contribution in [3.8, 4) is 0 Å². The molecule has 2 saturated carbocycles. The Labute approximate surface area is 764 Å². The Morgan fingerprint density at radius 3 is 1.06 bits per heavy atom. The van der Waals surface area contributed by atoms with Crippen LogP contribution in [0.5, 0.6) is 0 Å². The number of nitrogens with one attached hydrogen (secondary N) is 1. The minimum atomic E-state index is -2.47.